The molecule has 1 aliphatic rings. The summed E-state index contributed by atoms with van der Waals surface area (Å²) in [5.74, 6) is 1.03. The van der Waals surface area contributed by atoms with E-state index in [0.29, 0.717) is 17.9 Å². The maximum absolute atomic E-state index is 13.2. The van der Waals surface area contributed by atoms with Crippen molar-refractivity contribution >= 4 is 33.6 Å². The van der Waals surface area contributed by atoms with E-state index < -0.39 is 0 Å². The lowest BCUT2D eigenvalue weighted by atomic mass is 9.97. The summed E-state index contributed by atoms with van der Waals surface area (Å²) in [5, 5.41) is 6.26. The molecule has 0 saturated carbocycles. The molecule has 32 heavy (non-hydrogen) atoms. The van der Waals surface area contributed by atoms with Crippen molar-refractivity contribution in [3.05, 3.63) is 100 Å². The molecular weight excluding hydrogens is 468 g/mol. The highest BCUT2D eigenvalue weighted by molar-refractivity contribution is 9.10. The van der Waals surface area contributed by atoms with Crippen molar-refractivity contribution in [2.24, 2.45) is 5.10 Å². The molecule has 5 nitrogen and oxygen atoms in total. The normalized spacial score (nSPS) is 15.7. The smallest absolute Gasteiger partial charge is 0.267 e. The first-order chi connectivity index (χ1) is 15.6. The Kier molecular flexibility index (Phi) is 6.71. The third-order valence-corrected chi connectivity index (χ3v) is 5.85. The van der Waals surface area contributed by atoms with E-state index in [1.165, 1.54) is 5.01 Å². The predicted molar refractivity (Wildman–Crippen MR) is 130 cm³/mol. The van der Waals surface area contributed by atoms with Gasteiger partial charge in [-0.15, -0.1) is 0 Å². The summed E-state index contributed by atoms with van der Waals surface area (Å²) in [6.45, 7) is 0. The van der Waals surface area contributed by atoms with Crippen LogP contribution >= 0.6 is 15.9 Å². The van der Waals surface area contributed by atoms with Gasteiger partial charge in [-0.25, -0.2) is 5.01 Å². The van der Waals surface area contributed by atoms with Crippen molar-refractivity contribution in [2.75, 3.05) is 14.2 Å². The van der Waals surface area contributed by atoms with Crippen LogP contribution in [0.1, 0.15) is 29.2 Å². The molecule has 0 aromatic heterocycles. The number of nitrogens with zero attached hydrogens (tertiary/aromatic N) is 2. The van der Waals surface area contributed by atoms with Crippen LogP contribution < -0.4 is 9.47 Å². The topological polar surface area (TPSA) is 51.1 Å². The van der Waals surface area contributed by atoms with Crippen LogP contribution in [0.4, 0.5) is 0 Å². The molecule has 1 amide bonds. The van der Waals surface area contributed by atoms with Crippen molar-refractivity contribution in [3.63, 3.8) is 0 Å². The monoisotopic (exact) mass is 490 g/mol. The van der Waals surface area contributed by atoms with Crippen LogP contribution in [0.2, 0.25) is 0 Å². The number of halogens is 1. The number of hydrazone groups is 1. The lowest BCUT2D eigenvalue weighted by Gasteiger charge is -2.23. The van der Waals surface area contributed by atoms with E-state index >= 15 is 0 Å². The van der Waals surface area contributed by atoms with E-state index in [9.17, 15) is 4.79 Å². The Morgan fingerprint density at radius 1 is 1.00 bits per heavy atom. The Morgan fingerprint density at radius 3 is 2.44 bits per heavy atom. The number of carbonyl (C=O) groups excluding carboxylic acids is 1. The Balaban J connectivity index is 1.72. The lowest BCUT2D eigenvalue weighted by molar-refractivity contribution is -0.127. The van der Waals surface area contributed by atoms with Gasteiger partial charge >= 0.3 is 0 Å². The van der Waals surface area contributed by atoms with Gasteiger partial charge in [0.2, 0.25) is 0 Å². The third kappa shape index (κ3) is 4.60. The van der Waals surface area contributed by atoms with Gasteiger partial charge in [0.05, 0.1) is 26.0 Å². The highest BCUT2D eigenvalue weighted by atomic mass is 79.9. The van der Waals surface area contributed by atoms with Crippen LogP contribution in [0.15, 0.2) is 88.4 Å². The summed E-state index contributed by atoms with van der Waals surface area (Å²) < 4.78 is 12.1. The summed E-state index contributed by atoms with van der Waals surface area (Å²) in [6.07, 6.45) is 3.93. The molecule has 0 aliphatic carbocycles. The molecule has 1 atom stereocenters. The SMILES string of the molecule is COc1cccc(C2CC(c3ccc(Br)cc3)=NN2C(=O)/C=C/c2ccccc2)c1OC. The summed E-state index contributed by atoms with van der Waals surface area (Å²) in [4.78, 5) is 13.2. The van der Waals surface area contributed by atoms with Crippen molar-refractivity contribution in [1.82, 2.24) is 5.01 Å². The quantitative estimate of drug-likeness (QED) is 0.406. The number of ether oxygens (including phenoxy) is 2. The number of rotatable bonds is 6. The number of hydrogen-bond donors (Lipinski definition) is 0. The van der Waals surface area contributed by atoms with E-state index in [-0.39, 0.29) is 11.9 Å². The molecule has 1 unspecified atom stereocenters. The molecule has 0 spiro atoms. The molecule has 0 bridgehead atoms. The van der Waals surface area contributed by atoms with Gasteiger partial charge in [0.1, 0.15) is 0 Å². The van der Waals surface area contributed by atoms with Crippen LogP contribution in [-0.2, 0) is 4.79 Å². The summed E-state index contributed by atoms with van der Waals surface area (Å²) in [7, 11) is 3.21. The molecule has 4 rings (SSSR count). The molecule has 3 aromatic carbocycles. The molecule has 0 saturated heterocycles. The fraction of sp³-hybridized carbons (Fsp3) is 0.154. The zero-order valence-corrected chi connectivity index (χ0v) is 19.5. The van der Waals surface area contributed by atoms with Crippen molar-refractivity contribution in [1.29, 1.82) is 0 Å². The van der Waals surface area contributed by atoms with Crippen LogP contribution in [0.5, 0.6) is 11.5 Å². The zero-order chi connectivity index (χ0) is 22.5. The minimum Gasteiger partial charge on any atom is -0.493 e. The molecule has 162 valence electrons. The zero-order valence-electron chi connectivity index (χ0n) is 17.9. The van der Waals surface area contributed by atoms with Gasteiger partial charge in [0.25, 0.3) is 5.91 Å². The van der Waals surface area contributed by atoms with Gasteiger partial charge in [-0.1, -0.05) is 70.5 Å². The first kappa shape index (κ1) is 21.8. The Bertz CT molecular complexity index is 1160. The lowest BCUT2D eigenvalue weighted by Crippen LogP contribution is -2.25. The van der Waals surface area contributed by atoms with Crippen molar-refractivity contribution < 1.29 is 14.3 Å². The van der Waals surface area contributed by atoms with E-state index in [0.717, 1.165) is 26.9 Å². The van der Waals surface area contributed by atoms with E-state index in [1.807, 2.05) is 72.8 Å². The first-order valence-corrected chi connectivity index (χ1v) is 11.0. The Labute approximate surface area is 196 Å². The molecule has 1 heterocycles. The second-order valence-corrected chi connectivity index (χ2v) is 8.20. The van der Waals surface area contributed by atoms with Gasteiger partial charge in [0.15, 0.2) is 11.5 Å². The average molecular weight is 491 g/mol. The van der Waals surface area contributed by atoms with E-state index in [2.05, 4.69) is 15.9 Å². The van der Waals surface area contributed by atoms with Crippen molar-refractivity contribution in [3.8, 4) is 11.5 Å². The second-order valence-electron chi connectivity index (χ2n) is 7.28. The molecule has 1 aliphatic heterocycles. The molecule has 0 fully saturated rings. The van der Waals surface area contributed by atoms with Crippen LogP contribution in [0.3, 0.4) is 0 Å². The van der Waals surface area contributed by atoms with Gasteiger partial charge in [-0.3, -0.25) is 4.79 Å². The summed E-state index contributed by atoms with van der Waals surface area (Å²) >= 11 is 3.47. The molecule has 3 aromatic rings. The van der Waals surface area contributed by atoms with Crippen LogP contribution in [0.25, 0.3) is 6.08 Å². The molecule has 0 radical (unpaired) electrons. The Hall–Kier alpha value is -3.38. The van der Waals surface area contributed by atoms with Crippen LogP contribution in [-0.4, -0.2) is 30.8 Å². The number of hydrogen-bond acceptors (Lipinski definition) is 4. The maximum Gasteiger partial charge on any atom is 0.267 e. The minimum atomic E-state index is -0.313. The maximum atomic E-state index is 13.2. The number of para-hydroxylation sites is 1. The molecular formula is C26H23BrN2O3. The second kappa shape index (κ2) is 9.83. The van der Waals surface area contributed by atoms with E-state index in [4.69, 9.17) is 14.6 Å². The number of benzene rings is 3. The standard InChI is InChI=1S/C26H23BrN2O3/c1-31-24-10-6-9-21(26(24)32-2)23-17-22(19-12-14-20(27)15-13-19)28-29(23)25(30)16-11-18-7-4-3-5-8-18/h3-16,23H,17H2,1-2H3/b16-11+. The fourth-order valence-corrected chi connectivity index (χ4v) is 4.02. The van der Waals surface area contributed by atoms with Gasteiger partial charge in [-0.2, -0.15) is 5.10 Å². The summed E-state index contributed by atoms with van der Waals surface area (Å²) in [6, 6.07) is 23.0. The van der Waals surface area contributed by atoms with Gasteiger partial charge in [-0.05, 0) is 35.4 Å². The predicted octanol–water partition coefficient (Wildman–Crippen LogP) is 5.86. The van der Waals surface area contributed by atoms with Gasteiger partial charge in [0, 0.05) is 22.5 Å². The Morgan fingerprint density at radius 2 is 1.75 bits per heavy atom. The van der Waals surface area contributed by atoms with Crippen LogP contribution in [0, 0.1) is 0 Å². The summed E-state index contributed by atoms with van der Waals surface area (Å²) in [5.41, 5.74) is 3.62. The van der Waals surface area contributed by atoms with Crippen molar-refractivity contribution in [2.45, 2.75) is 12.5 Å². The third-order valence-electron chi connectivity index (χ3n) is 5.32. The number of methoxy groups -OCH3 is 2. The first-order valence-electron chi connectivity index (χ1n) is 10.2. The fourth-order valence-electron chi connectivity index (χ4n) is 3.76. The largest absolute Gasteiger partial charge is 0.493 e. The molecule has 0 N–H and O–H groups in total. The number of amides is 1. The highest BCUT2D eigenvalue weighted by Crippen LogP contribution is 2.41. The molecule has 6 heteroatoms. The van der Waals surface area contributed by atoms with Gasteiger partial charge < -0.3 is 9.47 Å². The average Bonchev–Trinajstić information content (AvgIpc) is 3.28. The highest BCUT2D eigenvalue weighted by Gasteiger charge is 2.34. The van der Waals surface area contributed by atoms with E-state index in [1.54, 1.807) is 26.4 Å². The minimum absolute atomic E-state index is 0.198. The number of carbonyl (C=O) groups is 1.